The van der Waals surface area contributed by atoms with Crippen molar-refractivity contribution in [2.45, 2.75) is 26.7 Å². The highest BCUT2D eigenvalue weighted by Crippen LogP contribution is 2.33. The molecule has 4 nitrogen and oxygen atoms in total. The van der Waals surface area contributed by atoms with Gasteiger partial charge >= 0.3 is 5.97 Å². The average Bonchev–Trinajstić information content (AvgIpc) is 2.67. The summed E-state index contributed by atoms with van der Waals surface area (Å²) in [5.41, 5.74) is 3.53. The van der Waals surface area contributed by atoms with E-state index < -0.39 is 5.97 Å². The molecular weight excluding hydrogens is 343 g/mol. The molecule has 0 aliphatic rings. The Balaban J connectivity index is 2.23. The van der Waals surface area contributed by atoms with E-state index in [1.54, 1.807) is 30.3 Å². The standard InChI is InChI=1S/C22H23FN2O2/c1-3-11-25(12-4-2)20-14-17-13-16(22(26)27)7-10-19(17)24-21(20)15-5-8-18(23)9-6-15/h5-10,13-14H,3-4,11-12H2,1-2H3,(H,26,27). The van der Waals surface area contributed by atoms with Crippen molar-refractivity contribution in [3.8, 4) is 11.3 Å². The highest BCUT2D eigenvalue weighted by Gasteiger charge is 2.16. The molecular formula is C22H23FN2O2. The van der Waals surface area contributed by atoms with Crippen LogP contribution in [0.4, 0.5) is 10.1 Å². The first-order chi connectivity index (χ1) is 13.0. The van der Waals surface area contributed by atoms with Crippen molar-refractivity contribution in [1.82, 2.24) is 4.98 Å². The molecule has 0 saturated heterocycles. The lowest BCUT2D eigenvalue weighted by molar-refractivity contribution is 0.0697. The molecule has 0 unspecified atom stereocenters. The van der Waals surface area contributed by atoms with Crippen LogP contribution in [0.2, 0.25) is 0 Å². The number of anilines is 1. The minimum atomic E-state index is -0.958. The second-order valence-electron chi connectivity index (χ2n) is 6.56. The summed E-state index contributed by atoms with van der Waals surface area (Å²) < 4.78 is 13.4. The molecule has 1 N–H and O–H groups in total. The number of pyridine rings is 1. The van der Waals surface area contributed by atoms with Gasteiger partial charge in [-0.3, -0.25) is 0 Å². The van der Waals surface area contributed by atoms with Gasteiger partial charge in [0.15, 0.2) is 0 Å². The van der Waals surface area contributed by atoms with Gasteiger partial charge in [-0.05, 0) is 61.4 Å². The first kappa shape index (κ1) is 18.8. The van der Waals surface area contributed by atoms with Gasteiger partial charge in [0.2, 0.25) is 0 Å². The van der Waals surface area contributed by atoms with Crippen LogP contribution in [-0.4, -0.2) is 29.1 Å². The maximum absolute atomic E-state index is 13.4. The number of hydrogen-bond donors (Lipinski definition) is 1. The predicted octanol–water partition coefficient (Wildman–Crippen LogP) is 5.37. The van der Waals surface area contributed by atoms with Crippen molar-refractivity contribution in [2.75, 3.05) is 18.0 Å². The molecule has 3 rings (SSSR count). The lowest BCUT2D eigenvalue weighted by Gasteiger charge is -2.26. The van der Waals surface area contributed by atoms with Gasteiger partial charge in [0.25, 0.3) is 0 Å². The number of fused-ring (bicyclic) bond motifs is 1. The highest BCUT2D eigenvalue weighted by atomic mass is 19.1. The van der Waals surface area contributed by atoms with Crippen molar-refractivity contribution in [1.29, 1.82) is 0 Å². The molecule has 2 aromatic carbocycles. The van der Waals surface area contributed by atoms with Gasteiger partial charge in [0, 0.05) is 24.0 Å². The van der Waals surface area contributed by atoms with Crippen LogP contribution in [0.3, 0.4) is 0 Å². The van der Waals surface area contributed by atoms with Crippen LogP contribution in [0.15, 0.2) is 48.5 Å². The van der Waals surface area contributed by atoms with Crippen LogP contribution in [-0.2, 0) is 0 Å². The van der Waals surface area contributed by atoms with E-state index in [0.717, 1.165) is 53.8 Å². The van der Waals surface area contributed by atoms with Crippen LogP contribution < -0.4 is 4.90 Å². The summed E-state index contributed by atoms with van der Waals surface area (Å²) in [6.45, 7) is 5.98. The van der Waals surface area contributed by atoms with Crippen molar-refractivity contribution >= 4 is 22.6 Å². The molecule has 0 aliphatic heterocycles. The molecule has 1 heterocycles. The Bertz CT molecular complexity index is 948. The molecule has 0 fully saturated rings. The topological polar surface area (TPSA) is 53.4 Å². The lowest BCUT2D eigenvalue weighted by atomic mass is 10.0. The second kappa shape index (κ2) is 8.16. The lowest BCUT2D eigenvalue weighted by Crippen LogP contribution is -2.25. The van der Waals surface area contributed by atoms with E-state index in [-0.39, 0.29) is 11.4 Å². The predicted molar refractivity (Wildman–Crippen MR) is 107 cm³/mol. The van der Waals surface area contributed by atoms with E-state index in [9.17, 15) is 14.3 Å². The van der Waals surface area contributed by atoms with Crippen molar-refractivity contribution in [3.63, 3.8) is 0 Å². The van der Waals surface area contributed by atoms with E-state index >= 15 is 0 Å². The Labute approximate surface area is 158 Å². The molecule has 3 aromatic rings. The van der Waals surface area contributed by atoms with Gasteiger partial charge in [0.1, 0.15) is 5.82 Å². The van der Waals surface area contributed by atoms with Crippen LogP contribution in [0, 0.1) is 5.82 Å². The summed E-state index contributed by atoms with van der Waals surface area (Å²) in [5.74, 6) is -1.24. The first-order valence-corrected chi connectivity index (χ1v) is 9.22. The molecule has 5 heteroatoms. The third-order valence-electron chi connectivity index (χ3n) is 4.49. The Morgan fingerprint density at radius 2 is 1.70 bits per heavy atom. The SMILES string of the molecule is CCCN(CCC)c1cc2cc(C(=O)O)ccc2nc1-c1ccc(F)cc1. The van der Waals surface area contributed by atoms with Crippen LogP contribution in [0.25, 0.3) is 22.2 Å². The molecule has 0 aliphatic carbocycles. The third kappa shape index (κ3) is 4.08. The van der Waals surface area contributed by atoms with Crippen LogP contribution in [0.5, 0.6) is 0 Å². The molecule has 27 heavy (non-hydrogen) atoms. The number of carbonyl (C=O) groups is 1. The zero-order chi connectivity index (χ0) is 19.4. The fourth-order valence-electron chi connectivity index (χ4n) is 3.25. The summed E-state index contributed by atoms with van der Waals surface area (Å²) in [4.78, 5) is 18.4. The number of aromatic carboxylic acids is 1. The summed E-state index contributed by atoms with van der Waals surface area (Å²) >= 11 is 0. The summed E-state index contributed by atoms with van der Waals surface area (Å²) in [5, 5.41) is 10.1. The van der Waals surface area contributed by atoms with E-state index in [2.05, 4.69) is 18.7 Å². The number of carboxylic acids is 1. The quantitative estimate of drug-likeness (QED) is 0.611. The average molecular weight is 366 g/mol. The Morgan fingerprint density at radius 1 is 1.04 bits per heavy atom. The van der Waals surface area contributed by atoms with Gasteiger partial charge in [-0.1, -0.05) is 13.8 Å². The number of hydrogen-bond acceptors (Lipinski definition) is 3. The minimum absolute atomic E-state index is 0.238. The molecule has 1 aromatic heterocycles. The number of halogens is 1. The monoisotopic (exact) mass is 366 g/mol. The molecule has 140 valence electrons. The Kier molecular flexibility index (Phi) is 5.69. The maximum Gasteiger partial charge on any atom is 0.335 e. The Morgan fingerprint density at radius 3 is 2.30 bits per heavy atom. The van der Waals surface area contributed by atoms with Crippen molar-refractivity contribution < 1.29 is 14.3 Å². The zero-order valence-electron chi connectivity index (χ0n) is 15.6. The molecule has 0 saturated carbocycles. The number of benzene rings is 2. The number of rotatable bonds is 7. The van der Waals surface area contributed by atoms with Crippen LogP contribution >= 0.6 is 0 Å². The van der Waals surface area contributed by atoms with Gasteiger partial charge in [-0.25, -0.2) is 14.2 Å². The molecule has 0 amide bonds. The van der Waals surface area contributed by atoms with E-state index in [1.165, 1.54) is 12.1 Å². The first-order valence-electron chi connectivity index (χ1n) is 9.22. The number of nitrogens with zero attached hydrogens (tertiary/aromatic N) is 2. The highest BCUT2D eigenvalue weighted by molar-refractivity contribution is 5.96. The molecule has 0 atom stereocenters. The summed E-state index contributed by atoms with van der Waals surface area (Å²) in [7, 11) is 0. The zero-order valence-corrected chi connectivity index (χ0v) is 15.6. The fourth-order valence-corrected chi connectivity index (χ4v) is 3.25. The maximum atomic E-state index is 13.4. The van der Waals surface area contributed by atoms with Crippen molar-refractivity contribution in [2.24, 2.45) is 0 Å². The van der Waals surface area contributed by atoms with Gasteiger partial charge in [-0.2, -0.15) is 0 Å². The molecule has 0 radical (unpaired) electrons. The summed E-state index contributed by atoms with van der Waals surface area (Å²) in [6.07, 6.45) is 1.96. The van der Waals surface area contributed by atoms with E-state index in [0.29, 0.717) is 0 Å². The van der Waals surface area contributed by atoms with Gasteiger partial charge < -0.3 is 10.0 Å². The smallest absolute Gasteiger partial charge is 0.335 e. The van der Waals surface area contributed by atoms with E-state index in [1.807, 2.05) is 6.07 Å². The number of aromatic nitrogens is 1. The number of carboxylic acid groups (broad SMARTS) is 1. The largest absolute Gasteiger partial charge is 0.478 e. The third-order valence-corrected chi connectivity index (χ3v) is 4.49. The molecule has 0 spiro atoms. The Hall–Kier alpha value is -2.95. The summed E-state index contributed by atoms with van der Waals surface area (Å²) in [6, 6.07) is 13.3. The second-order valence-corrected chi connectivity index (χ2v) is 6.56. The van der Waals surface area contributed by atoms with Crippen molar-refractivity contribution in [3.05, 3.63) is 59.9 Å². The molecule has 0 bridgehead atoms. The normalized spacial score (nSPS) is 10.9. The van der Waals surface area contributed by atoms with Gasteiger partial charge in [0.05, 0.1) is 22.5 Å². The van der Waals surface area contributed by atoms with E-state index in [4.69, 9.17) is 4.98 Å². The van der Waals surface area contributed by atoms with Crippen LogP contribution in [0.1, 0.15) is 37.0 Å². The minimum Gasteiger partial charge on any atom is -0.478 e. The fraction of sp³-hybridized carbons (Fsp3) is 0.273. The van der Waals surface area contributed by atoms with Gasteiger partial charge in [-0.15, -0.1) is 0 Å².